The zero-order chi connectivity index (χ0) is 27.7. The lowest BCUT2D eigenvalue weighted by Crippen LogP contribution is -2.31. The number of rotatable bonds is 6. The fourth-order valence-corrected chi connectivity index (χ4v) is 3.94. The molecule has 188 valence electrons. The maximum absolute atomic E-state index is 12.1. The predicted octanol–water partition coefficient (Wildman–Crippen LogP) is 3.70. The van der Waals surface area contributed by atoms with Crippen molar-refractivity contribution in [1.29, 1.82) is 0 Å². The number of aliphatic hydroxyl groups is 1. The Morgan fingerprint density at radius 3 is 2.69 bits per heavy atom. The topological polar surface area (TPSA) is 106 Å². The lowest BCUT2D eigenvalue weighted by atomic mass is 10.0. The molecule has 8 nitrogen and oxygen atoms in total. The molecule has 3 heterocycles. The third-order valence-corrected chi connectivity index (χ3v) is 6.01. The molecule has 0 atom stereocenters. The molecular weight excluding hydrogens is 454 g/mol. The van der Waals surface area contributed by atoms with E-state index in [0.717, 1.165) is 31.5 Å². The van der Waals surface area contributed by atoms with Crippen LogP contribution in [-0.4, -0.2) is 56.3 Å². The Hall–Kier alpha value is -3.67. The number of nitrogens with two attached hydrogens (primary N) is 1. The Labute approximate surface area is 214 Å². The maximum Gasteiger partial charge on any atom is 0.166 e. The Bertz CT molecular complexity index is 1390. The van der Waals surface area contributed by atoms with Crippen molar-refractivity contribution >= 4 is 11.6 Å². The number of carbonyl (C=O) groups excluding carboxylic acids is 1. The monoisotopic (exact) mass is 489 g/mol. The highest BCUT2D eigenvalue weighted by Gasteiger charge is 2.19. The first-order valence-corrected chi connectivity index (χ1v) is 11.9. The van der Waals surface area contributed by atoms with Crippen LogP contribution < -0.4 is 10.5 Å². The largest absolute Gasteiger partial charge is 0.485 e. The number of hydrogen-bond acceptors (Lipinski definition) is 7. The standard InChI is InChI=1S/C28H33N5O3/c1-19(34)22-12-20(5-8-28(2,3)35)11-21(13-22)18-36-26-14-23(15-30-27(26)29)24-16-31-33(17-24)25-6-9-32(4)10-7-25/h11-17,25,35H,6-7,9-10,18H2,1-4H3,(H2,29,30)/i18D2. The molecule has 0 bridgehead atoms. The van der Waals surface area contributed by atoms with Gasteiger partial charge >= 0.3 is 0 Å². The van der Waals surface area contributed by atoms with E-state index in [1.165, 1.54) is 19.1 Å². The highest BCUT2D eigenvalue weighted by Crippen LogP contribution is 2.29. The summed E-state index contributed by atoms with van der Waals surface area (Å²) in [5.74, 6) is 5.34. The van der Waals surface area contributed by atoms with E-state index >= 15 is 0 Å². The van der Waals surface area contributed by atoms with Crippen LogP contribution >= 0.6 is 0 Å². The molecule has 1 aromatic carbocycles. The Balaban J connectivity index is 1.62. The molecule has 0 unspecified atom stereocenters. The number of likely N-dealkylation sites (tertiary alicyclic amines) is 1. The summed E-state index contributed by atoms with van der Waals surface area (Å²) >= 11 is 0. The molecule has 0 spiro atoms. The van der Waals surface area contributed by atoms with Crippen LogP contribution in [0.5, 0.6) is 5.75 Å². The molecule has 0 aliphatic carbocycles. The average Bonchev–Trinajstić information content (AvgIpc) is 3.34. The van der Waals surface area contributed by atoms with E-state index in [4.69, 9.17) is 13.2 Å². The minimum Gasteiger partial charge on any atom is -0.485 e. The summed E-state index contributed by atoms with van der Waals surface area (Å²) in [6, 6.07) is 6.44. The molecule has 1 saturated heterocycles. The molecule has 36 heavy (non-hydrogen) atoms. The number of benzene rings is 1. The van der Waals surface area contributed by atoms with Crippen molar-refractivity contribution in [3.63, 3.8) is 0 Å². The number of aromatic nitrogens is 3. The number of anilines is 1. The summed E-state index contributed by atoms with van der Waals surface area (Å²) in [4.78, 5) is 18.6. The summed E-state index contributed by atoms with van der Waals surface area (Å²) in [5, 5.41) is 14.5. The molecule has 8 heteroatoms. The molecule has 4 rings (SSSR count). The predicted molar refractivity (Wildman–Crippen MR) is 140 cm³/mol. The van der Waals surface area contributed by atoms with Gasteiger partial charge in [0, 0.05) is 34.6 Å². The van der Waals surface area contributed by atoms with Gasteiger partial charge in [0.05, 0.1) is 15.0 Å². The smallest absolute Gasteiger partial charge is 0.166 e. The first kappa shape index (κ1) is 22.8. The summed E-state index contributed by atoms with van der Waals surface area (Å²) in [6.07, 6.45) is 7.37. The summed E-state index contributed by atoms with van der Waals surface area (Å²) in [6.45, 7) is 4.15. The molecular formula is C28H33N5O3. The number of ether oxygens (including phenoxy) is 1. The number of piperidine rings is 1. The third-order valence-electron chi connectivity index (χ3n) is 6.01. The van der Waals surface area contributed by atoms with E-state index in [-0.39, 0.29) is 28.5 Å². The van der Waals surface area contributed by atoms with Gasteiger partial charge in [0.15, 0.2) is 17.4 Å². The second-order valence-electron chi connectivity index (χ2n) is 9.72. The molecule has 2 aromatic heterocycles. The quantitative estimate of drug-likeness (QED) is 0.402. The van der Waals surface area contributed by atoms with Gasteiger partial charge in [0.25, 0.3) is 0 Å². The summed E-state index contributed by atoms with van der Waals surface area (Å²) in [7, 11) is 2.12. The molecule has 0 radical (unpaired) electrons. The van der Waals surface area contributed by atoms with Gasteiger partial charge in [0.1, 0.15) is 12.2 Å². The first-order valence-electron chi connectivity index (χ1n) is 12.9. The van der Waals surface area contributed by atoms with Crippen LogP contribution in [0, 0.1) is 11.8 Å². The number of pyridine rings is 1. The molecule has 1 aliphatic rings. The number of hydrogen-bond donors (Lipinski definition) is 2. The van der Waals surface area contributed by atoms with Gasteiger partial charge in [-0.05, 0) is 83.6 Å². The van der Waals surface area contributed by atoms with Crippen molar-refractivity contribution in [3.8, 4) is 28.7 Å². The minimum atomic E-state index is -2.36. The van der Waals surface area contributed by atoms with Gasteiger partial charge in [-0.1, -0.05) is 11.8 Å². The van der Waals surface area contributed by atoms with E-state index in [1.807, 2.05) is 10.9 Å². The van der Waals surface area contributed by atoms with Crippen LogP contribution in [0.15, 0.2) is 42.9 Å². The molecule has 1 fully saturated rings. The maximum atomic E-state index is 12.1. The van der Waals surface area contributed by atoms with Gasteiger partial charge in [-0.2, -0.15) is 5.10 Å². The SMILES string of the molecule is [2H]C([2H])(Oc1cc(-c2cnn(C3CCN(C)CC3)c2)cnc1N)c1cc(C#CC(C)(C)O)cc(C(C)=O)c1. The average molecular weight is 490 g/mol. The molecule has 3 N–H and O–H groups in total. The van der Waals surface area contributed by atoms with Gasteiger partial charge in [0.2, 0.25) is 0 Å². The minimum absolute atomic E-state index is 0.0325. The van der Waals surface area contributed by atoms with E-state index < -0.39 is 12.2 Å². The van der Waals surface area contributed by atoms with E-state index in [2.05, 4.69) is 33.9 Å². The van der Waals surface area contributed by atoms with E-state index in [0.29, 0.717) is 17.2 Å². The molecule has 0 amide bonds. The fourth-order valence-electron chi connectivity index (χ4n) is 3.94. The highest BCUT2D eigenvalue weighted by atomic mass is 16.5. The number of ketones is 1. The number of Topliss-reactive ketones (excluding diaryl/α,β-unsaturated/α-hetero) is 1. The van der Waals surface area contributed by atoms with Crippen LogP contribution in [-0.2, 0) is 6.56 Å². The highest BCUT2D eigenvalue weighted by molar-refractivity contribution is 5.94. The van der Waals surface area contributed by atoms with E-state index in [1.54, 1.807) is 38.4 Å². The second kappa shape index (κ2) is 10.5. The third kappa shape index (κ3) is 6.51. The zero-order valence-corrected chi connectivity index (χ0v) is 21.1. The number of nitrogens with zero attached hydrogens (tertiary/aromatic N) is 4. The molecule has 0 saturated carbocycles. The van der Waals surface area contributed by atoms with Crippen molar-refractivity contribution in [3.05, 3.63) is 59.5 Å². The van der Waals surface area contributed by atoms with Crippen molar-refractivity contribution in [1.82, 2.24) is 19.7 Å². The fraction of sp³-hybridized carbons (Fsp3) is 0.393. The lowest BCUT2D eigenvalue weighted by molar-refractivity contribution is 0.101. The van der Waals surface area contributed by atoms with Crippen LogP contribution in [0.3, 0.4) is 0 Å². The summed E-state index contributed by atoms with van der Waals surface area (Å²) in [5.41, 5.74) is 7.07. The van der Waals surface area contributed by atoms with Gasteiger partial charge in [-0.25, -0.2) is 4.98 Å². The van der Waals surface area contributed by atoms with Crippen LogP contribution in [0.1, 0.15) is 63.9 Å². The Kier molecular flexibility index (Phi) is 6.66. The van der Waals surface area contributed by atoms with Crippen LogP contribution in [0.25, 0.3) is 11.1 Å². The van der Waals surface area contributed by atoms with Crippen LogP contribution in [0.4, 0.5) is 5.82 Å². The normalized spacial score (nSPS) is 16.0. The van der Waals surface area contributed by atoms with Crippen molar-refractivity contribution in [2.45, 2.75) is 51.8 Å². The van der Waals surface area contributed by atoms with Crippen LogP contribution in [0.2, 0.25) is 0 Å². The number of carbonyl (C=O) groups is 1. The van der Waals surface area contributed by atoms with Gasteiger partial charge in [-0.15, -0.1) is 0 Å². The van der Waals surface area contributed by atoms with Crippen molar-refractivity contribution in [2.24, 2.45) is 0 Å². The van der Waals surface area contributed by atoms with Gasteiger partial charge in [-0.3, -0.25) is 9.48 Å². The lowest BCUT2D eigenvalue weighted by Gasteiger charge is -2.28. The van der Waals surface area contributed by atoms with Gasteiger partial charge < -0.3 is 20.5 Å². The molecule has 1 aliphatic heterocycles. The molecule has 3 aromatic rings. The Morgan fingerprint density at radius 1 is 1.25 bits per heavy atom. The summed E-state index contributed by atoms with van der Waals surface area (Å²) < 4.78 is 25.0. The second-order valence-corrected chi connectivity index (χ2v) is 9.72. The first-order chi connectivity index (χ1) is 17.8. The zero-order valence-electron chi connectivity index (χ0n) is 23.1. The Morgan fingerprint density at radius 2 is 2.00 bits per heavy atom. The number of nitrogen functional groups attached to an aromatic ring is 1. The van der Waals surface area contributed by atoms with E-state index in [9.17, 15) is 9.90 Å². The van der Waals surface area contributed by atoms with Crippen molar-refractivity contribution in [2.75, 3.05) is 25.9 Å². The van der Waals surface area contributed by atoms with Crippen molar-refractivity contribution < 1.29 is 17.4 Å².